The van der Waals surface area contributed by atoms with Crippen molar-refractivity contribution in [1.82, 2.24) is 14.1 Å². The number of nitrogens with one attached hydrogen (secondary N) is 1. The number of rotatable bonds is 7. The number of ether oxygens (including phenoxy) is 1. The van der Waals surface area contributed by atoms with Crippen LogP contribution in [0.2, 0.25) is 0 Å². The Morgan fingerprint density at radius 3 is 3.25 bits per heavy atom. The van der Waals surface area contributed by atoms with Gasteiger partial charge < -0.3 is 15.2 Å². The topological polar surface area (TPSA) is 67.3 Å². The van der Waals surface area contributed by atoms with Crippen molar-refractivity contribution in [1.29, 1.82) is 0 Å². The highest BCUT2D eigenvalue weighted by atomic mass is 32.1. The Kier molecular flexibility index (Phi) is 6.49. The number of aliphatic hydroxyl groups is 1. The number of hydrogen-bond acceptors (Lipinski definition) is 6. The second-order valence-corrected chi connectivity index (χ2v) is 3.65. The van der Waals surface area contributed by atoms with E-state index in [1.807, 2.05) is 6.92 Å². The van der Waals surface area contributed by atoms with Crippen LogP contribution in [0.3, 0.4) is 0 Å². The monoisotopic (exact) mass is 241 g/mol. The zero-order valence-corrected chi connectivity index (χ0v) is 9.96. The van der Waals surface area contributed by atoms with E-state index >= 15 is 0 Å². The van der Waals surface area contributed by atoms with Crippen LogP contribution in [0, 0.1) is 11.8 Å². The maximum atomic E-state index is 9.54. The average molecular weight is 241 g/mol. The summed E-state index contributed by atoms with van der Waals surface area (Å²) >= 11 is 1.08. The minimum Gasteiger partial charge on any atom is -0.473 e. The standard InChI is InChI=1S/C10H15N3O2S/c1-2-3-4-5-11-6-9(14)8-15-10-7-12-16-13-10/h7,9,11,14H,4-6,8H2,1H3. The largest absolute Gasteiger partial charge is 0.473 e. The first-order valence-corrected chi connectivity index (χ1v) is 5.74. The molecule has 2 N–H and O–H groups in total. The van der Waals surface area contributed by atoms with E-state index < -0.39 is 6.10 Å². The first-order chi connectivity index (χ1) is 7.83. The fraction of sp³-hybridized carbons (Fsp3) is 0.600. The Hall–Kier alpha value is -1.16. The average Bonchev–Trinajstić information content (AvgIpc) is 2.79. The van der Waals surface area contributed by atoms with E-state index in [4.69, 9.17) is 4.74 Å². The summed E-state index contributed by atoms with van der Waals surface area (Å²) in [4.78, 5) is 0. The van der Waals surface area contributed by atoms with Crippen LogP contribution in [-0.2, 0) is 0 Å². The van der Waals surface area contributed by atoms with Gasteiger partial charge in [-0.1, -0.05) is 0 Å². The third-order valence-corrected chi connectivity index (χ3v) is 2.21. The van der Waals surface area contributed by atoms with Crippen LogP contribution in [0.25, 0.3) is 0 Å². The molecule has 0 bridgehead atoms. The molecule has 1 rings (SSSR count). The number of aromatic nitrogens is 2. The minimum atomic E-state index is -0.545. The molecule has 0 aliphatic carbocycles. The van der Waals surface area contributed by atoms with Crippen molar-refractivity contribution in [3.8, 4) is 17.7 Å². The number of nitrogens with zero attached hydrogens (tertiary/aromatic N) is 2. The molecule has 5 nitrogen and oxygen atoms in total. The summed E-state index contributed by atoms with van der Waals surface area (Å²) in [5.74, 6) is 6.20. The smallest absolute Gasteiger partial charge is 0.245 e. The molecule has 6 heteroatoms. The van der Waals surface area contributed by atoms with Crippen molar-refractivity contribution < 1.29 is 9.84 Å². The third-order valence-electron chi connectivity index (χ3n) is 1.75. The van der Waals surface area contributed by atoms with Gasteiger partial charge in [0.2, 0.25) is 5.88 Å². The van der Waals surface area contributed by atoms with Crippen LogP contribution in [0.4, 0.5) is 0 Å². The summed E-state index contributed by atoms with van der Waals surface area (Å²) in [5, 5.41) is 12.6. The van der Waals surface area contributed by atoms with Gasteiger partial charge in [0.05, 0.1) is 11.7 Å². The highest BCUT2D eigenvalue weighted by molar-refractivity contribution is 6.99. The molecule has 16 heavy (non-hydrogen) atoms. The van der Waals surface area contributed by atoms with Gasteiger partial charge >= 0.3 is 0 Å². The highest BCUT2D eigenvalue weighted by Crippen LogP contribution is 2.04. The van der Waals surface area contributed by atoms with Crippen LogP contribution >= 0.6 is 11.7 Å². The number of hydrogen-bond donors (Lipinski definition) is 2. The van der Waals surface area contributed by atoms with Gasteiger partial charge in [0.1, 0.15) is 18.9 Å². The van der Waals surface area contributed by atoms with Crippen LogP contribution in [0.5, 0.6) is 5.88 Å². The molecule has 1 atom stereocenters. The van der Waals surface area contributed by atoms with Crippen molar-refractivity contribution in [3.05, 3.63) is 6.20 Å². The normalized spacial score (nSPS) is 11.6. The summed E-state index contributed by atoms with van der Waals surface area (Å²) in [6.45, 7) is 3.29. The summed E-state index contributed by atoms with van der Waals surface area (Å²) in [5.41, 5.74) is 0. The van der Waals surface area contributed by atoms with Crippen LogP contribution in [0.1, 0.15) is 13.3 Å². The van der Waals surface area contributed by atoms with E-state index in [2.05, 4.69) is 25.9 Å². The van der Waals surface area contributed by atoms with Crippen molar-refractivity contribution in [2.75, 3.05) is 19.7 Å². The molecule has 1 unspecified atom stereocenters. The van der Waals surface area contributed by atoms with Gasteiger partial charge in [-0.3, -0.25) is 0 Å². The van der Waals surface area contributed by atoms with E-state index in [1.165, 1.54) is 6.20 Å². The van der Waals surface area contributed by atoms with Crippen molar-refractivity contribution >= 4 is 11.7 Å². The zero-order valence-electron chi connectivity index (χ0n) is 9.14. The molecule has 0 aliphatic heterocycles. The van der Waals surface area contributed by atoms with Gasteiger partial charge in [0.15, 0.2) is 0 Å². The molecule has 1 aromatic rings. The van der Waals surface area contributed by atoms with Crippen LogP contribution < -0.4 is 10.1 Å². The fourth-order valence-corrected chi connectivity index (χ4v) is 1.37. The van der Waals surface area contributed by atoms with Gasteiger partial charge in [-0.2, -0.15) is 4.37 Å². The van der Waals surface area contributed by atoms with Crippen LogP contribution in [-0.4, -0.2) is 39.7 Å². The maximum Gasteiger partial charge on any atom is 0.245 e. The van der Waals surface area contributed by atoms with Gasteiger partial charge in [0, 0.05) is 19.5 Å². The van der Waals surface area contributed by atoms with E-state index in [0.29, 0.717) is 12.4 Å². The minimum absolute atomic E-state index is 0.220. The Balaban J connectivity index is 2.02. The van der Waals surface area contributed by atoms with E-state index in [-0.39, 0.29) is 6.61 Å². The third kappa shape index (κ3) is 5.66. The molecule has 1 aromatic heterocycles. The lowest BCUT2D eigenvalue weighted by molar-refractivity contribution is 0.105. The molecule has 88 valence electrons. The van der Waals surface area contributed by atoms with Crippen molar-refractivity contribution in [2.24, 2.45) is 0 Å². The second kappa shape index (κ2) is 8.05. The predicted molar refractivity (Wildman–Crippen MR) is 62.3 cm³/mol. The van der Waals surface area contributed by atoms with Gasteiger partial charge in [-0.25, -0.2) is 0 Å². The summed E-state index contributed by atoms with van der Waals surface area (Å²) in [6.07, 6.45) is 1.78. The Labute approximate surface area is 99.2 Å². The molecular weight excluding hydrogens is 226 g/mol. The molecule has 0 saturated carbocycles. The summed E-state index contributed by atoms with van der Waals surface area (Å²) < 4.78 is 12.9. The lowest BCUT2D eigenvalue weighted by Gasteiger charge is -2.10. The first-order valence-electron chi connectivity index (χ1n) is 5.01. The van der Waals surface area contributed by atoms with Gasteiger partial charge in [-0.15, -0.1) is 16.2 Å². The lowest BCUT2D eigenvalue weighted by Crippen LogP contribution is -2.31. The predicted octanol–water partition coefficient (Wildman–Crippen LogP) is 0.281. The zero-order chi connectivity index (χ0) is 11.6. The molecule has 0 radical (unpaired) electrons. The molecule has 0 fully saturated rings. The van der Waals surface area contributed by atoms with Gasteiger partial charge in [-0.05, 0) is 6.92 Å². The molecule has 1 heterocycles. The van der Waals surface area contributed by atoms with Crippen LogP contribution in [0.15, 0.2) is 6.20 Å². The molecule has 0 spiro atoms. The lowest BCUT2D eigenvalue weighted by atomic mass is 10.3. The SMILES string of the molecule is CC#CCCNCC(O)COc1cnsn1. The molecule has 0 aromatic carbocycles. The Bertz CT molecular complexity index is 332. The fourth-order valence-electron chi connectivity index (χ4n) is 1.00. The second-order valence-electron chi connectivity index (χ2n) is 3.09. The van der Waals surface area contributed by atoms with Gasteiger partial charge in [0.25, 0.3) is 0 Å². The van der Waals surface area contributed by atoms with E-state index in [1.54, 1.807) is 0 Å². The quantitative estimate of drug-likeness (QED) is 0.530. The molecule has 0 saturated heterocycles. The maximum absolute atomic E-state index is 9.54. The van der Waals surface area contributed by atoms with E-state index in [9.17, 15) is 5.11 Å². The highest BCUT2D eigenvalue weighted by Gasteiger charge is 2.05. The van der Waals surface area contributed by atoms with Crippen molar-refractivity contribution in [2.45, 2.75) is 19.4 Å². The Morgan fingerprint density at radius 2 is 2.56 bits per heavy atom. The molecule has 0 amide bonds. The summed E-state index contributed by atoms with van der Waals surface area (Å²) in [6, 6.07) is 0. The number of aliphatic hydroxyl groups excluding tert-OH is 1. The molecule has 0 aliphatic rings. The van der Waals surface area contributed by atoms with Crippen molar-refractivity contribution in [3.63, 3.8) is 0 Å². The summed E-state index contributed by atoms with van der Waals surface area (Å²) in [7, 11) is 0. The van der Waals surface area contributed by atoms with E-state index in [0.717, 1.165) is 24.7 Å². The molecular formula is C10H15N3O2S. The Morgan fingerprint density at radius 1 is 1.69 bits per heavy atom. The first kappa shape index (κ1) is 12.9.